The van der Waals surface area contributed by atoms with Gasteiger partial charge in [-0.15, -0.1) is 0 Å². The fraction of sp³-hybridized carbons (Fsp3) is 0.395. The van der Waals surface area contributed by atoms with Crippen molar-refractivity contribution in [2.45, 2.75) is 31.7 Å². The molecule has 2 aliphatic heterocycles. The molecule has 2 atom stereocenters. The third-order valence-electron chi connectivity index (χ3n) is 9.69. The SMILES string of the molecule is COc1ccc(C(=O)C2CCN(C(=O)N[C@H](Cc3c[nH]c4ccccc34)C(=O)N3C[C@@H](CN(C)C)Cc4cc(Cl)ccc43)CC2)cc1OC. The molecule has 3 amide bonds. The molecule has 258 valence electrons. The monoisotopic (exact) mass is 685 g/mol. The summed E-state index contributed by atoms with van der Waals surface area (Å²) in [6, 6.07) is 17.7. The topological polar surface area (TPSA) is 107 Å². The molecule has 0 saturated carbocycles. The van der Waals surface area contributed by atoms with Gasteiger partial charge in [0.25, 0.3) is 0 Å². The summed E-state index contributed by atoms with van der Waals surface area (Å²) < 4.78 is 10.7. The Balaban J connectivity index is 1.21. The number of nitrogens with zero attached hydrogens (tertiary/aromatic N) is 3. The average molecular weight is 686 g/mol. The fourth-order valence-electron chi connectivity index (χ4n) is 7.28. The van der Waals surface area contributed by atoms with Crippen LogP contribution in [-0.4, -0.2) is 93.0 Å². The molecular formula is C38H44ClN5O5. The van der Waals surface area contributed by atoms with Gasteiger partial charge in [0.15, 0.2) is 17.3 Å². The highest BCUT2D eigenvalue weighted by Gasteiger charge is 2.36. The normalized spacial score (nSPS) is 17.1. The van der Waals surface area contributed by atoms with E-state index in [1.54, 1.807) is 37.3 Å². The number of carbonyl (C=O) groups excluding carboxylic acids is 3. The molecule has 49 heavy (non-hydrogen) atoms. The van der Waals surface area contributed by atoms with Crippen molar-refractivity contribution >= 4 is 45.9 Å². The van der Waals surface area contributed by atoms with Crippen molar-refractivity contribution in [1.29, 1.82) is 0 Å². The van der Waals surface area contributed by atoms with Gasteiger partial charge in [-0.1, -0.05) is 29.8 Å². The molecule has 0 bridgehead atoms. The summed E-state index contributed by atoms with van der Waals surface area (Å²) in [5.41, 5.74) is 4.34. The number of ketones is 1. The number of likely N-dealkylation sites (tertiary alicyclic amines) is 1. The number of nitrogens with one attached hydrogen (secondary N) is 2. The molecule has 3 aromatic carbocycles. The molecule has 11 heteroatoms. The number of anilines is 1. The number of fused-ring (bicyclic) bond motifs is 2. The Bertz CT molecular complexity index is 1830. The molecule has 1 fully saturated rings. The van der Waals surface area contributed by atoms with Crippen LogP contribution < -0.4 is 19.7 Å². The van der Waals surface area contributed by atoms with Gasteiger partial charge in [0, 0.05) is 71.9 Å². The number of rotatable bonds is 10. The summed E-state index contributed by atoms with van der Waals surface area (Å²) in [6.07, 6.45) is 4.10. The number of piperidine rings is 1. The van der Waals surface area contributed by atoms with Crippen LogP contribution in [0.15, 0.2) is 66.9 Å². The number of amides is 3. The van der Waals surface area contributed by atoms with Crippen molar-refractivity contribution in [3.8, 4) is 11.5 Å². The summed E-state index contributed by atoms with van der Waals surface area (Å²) in [5, 5.41) is 4.77. The molecule has 3 heterocycles. The minimum atomic E-state index is -0.820. The summed E-state index contributed by atoms with van der Waals surface area (Å²) in [5.74, 6) is 0.900. The predicted octanol–water partition coefficient (Wildman–Crippen LogP) is 5.82. The van der Waals surface area contributed by atoms with Gasteiger partial charge < -0.3 is 34.5 Å². The Kier molecular flexibility index (Phi) is 10.5. The number of aromatic amines is 1. The van der Waals surface area contributed by atoms with Gasteiger partial charge in [-0.25, -0.2) is 4.79 Å². The largest absolute Gasteiger partial charge is 0.493 e. The zero-order valence-corrected chi connectivity index (χ0v) is 29.3. The van der Waals surface area contributed by atoms with E-state index in [-0.39, 0.29) is 29.6 Å². The molecule has 4 aromatic rings. The van der Waals surface area contributed by atoms with Gasteiger partial charge in [0.05, 0.1) is 14.2 Å². The van der Waals surface area contributed by atoms with Crippen molar-refractivity contribution in [1.82, 2.24) is 20.1 Å². The summed E-state index contributed by atoms with van der Waals surface area (Å²) in [4.78, 5) is 50.9. The Morgan fingerprint density at radius 1 is 1.00 bits per heavy atom. The van der Waals surface area contributed by atoms with E-state index < -0.39 is 6.04 Å². The number of Topliss-reactive ketones (excluding diaryl/α,β-unsaturated/α-hetero) is 1. The van der Waals surface area contributed by atoms with Crippen LogP contribution in [0.25, 0.3) is 10.9 Å². The van der Waals surface area contributed by atoms with E-state index in [1.165, 1.54) is 0 Å². The zero-order chi connectivity index (χ0) is 34.7. The van der Waals surface area contributed by atoms with Crippen LogP contribution in [0.5, 0.6) is 11.5 Å². The molecule has 1 saturated heterocycles. The Labute approximate surface area is 292 Å². The highest BCUT2D eigenvalue weighted by atomic mass is 35.5. The van der Waals surface area contributed by atoms with Gasteiger partial charge in [-0.05, 0) is 92.9 Å². The number of H-pyrrole nitrogens is 1. The standard InChI is InChI=1S/C38H44ClN5O5/c1-42(2)22-24-17-27-18-29(39)10-11-33(27)44(23-24)37(46)32(19-28-21-40-31-8-6-5-7-30(28)31)41-38(47)43-15-13-25(14-16-43)36(45)26-9-12-34(48-3)35(20-26)49-4/h5-12,18,20-21,24-25,32,40H,13-17,19,22-23H2,1-4H3,(H,41,47)/t24-,32-/m1/s1. The van der Waals surface area contributed by atoms with Crippen molar-refractivity contribution < 1.29 is 23.9 Å². The number of hydrogen-bond donors (Lipinski definition) is 2. The fourth-order valence-corrected chi connectivity index (χ4v) is 7.47. The predicted molar refractivity (Wildman–Crippen MR) is 192 cm³/mol. The number of halogens is 1. The minimum absolute atomic E-state index is 0.0181. The molecule has 6 rings (SSSR count). The average Bonchev–Trinajstić information content (AvgIpc) is 3.52. The van der Waals surface area contributed by atoms with Crippen LogP contribution in [0.4, 0.5) is 10.5 Å². The summed E-state index contributed by atoms with van der Waals surface area (Å²) in [6.45, 7) is 2.15. The quantitative estimate of drug-likeness (QED) is 0.204. The number of aromatic nitrogens is 1. The van der Waals surface area contributed by atoms with E-state index in [0.29, 0.717) is 61.0 Å². The Morgan fingerprint density at radius 3 is 2.49 bits per heavy atom. The van der Waals surface area contributed by atoms with Crippen LogP contribution in [0.2, 0.25) is 5.02 Å². The number of methoxy groups -OCH3 is 2. The number of benzene rings is 3. The summed E-state index contributed by atoms with van der Waals surface area (Å²) in [7, 11) is 7.16. The smallest absolute Gasteiger partial charge is 0.318 e. The Morgan fingerprint density at radius 2 is 1.76 bits per heavy atom. The third-order valence-corrected chi connectivity index (χ3v) is 9.92. The van der Waals surface area contributed by atoms with E-state index in [4.69, 9.17) is 21.1 Å². The van der Waals surface area contributed by atoms with E-state index in [2.05, 4.69) is 15.2 Å². The first-order valence-corrected chi connectivity index (χ1v) is 17.1. The maximum atomic E-state index is 14.6. The lowest BCUT2D eigenvalue weighted by Gasteiger charge is -2.38. The van der Waals surface area contributed by atoms with Crippen LogP contribution in [-0.2, 0) is 17.6 Å². The second-order valence-electron chi connectivity index (χ2n) is 13.3. The second kappa shape index (κ2) is 14.9. The van der Waals surface area contributed by atoms with Gasteiger partial charge >= 0.3 is 6.03 Å². The number of hydrogen-bond acceptors (Lipinski definition) is 6. The molecule has 0 spiro atoms. The lowest BCUT2D eigenvalue weighted by atomic mass is 9.89. The lowest BCUT2D eigenvalue weighted by molar-refractivity contribution is -0.120. The van der Waals surface area contributed by atoms with Gasteiger partial charge in [0.1, 0.15) is 6.04 Å². The maximum absolute atomic E-state index is 14.6. The van der Waals surface area contributed by atoms with Crippen LogP contribution in [0.1, 0.15) is 34.3 Å². The first-order valence-electron chi connectivity index (χ1n) is 16.8. The van der Waals surface area contributed by atoms with Crippen molar-refractivity contribution in [3.05, 3.63) is 88.6 Å². The van der Waals surface area contributed by atoms with E-state index in [1.807, 2.05) is 67.7 Å². The van der Waals surface area contributed by atoms with Crippen molar-refractivity contribution in [3.63, 3.8) is 0 Å². The first-order chi connectivity index (χ1) is 23.6. The van der Waals surface area contributed by atoms with Gasteiger partial charge in [-0.3, -0.25) is 9.59 Å². The first kappa shape index (κ1) is 34.3. The minimum Gasteiger partial charge on any atom is -0.493 e. The second-order valence-corrected chi connectivity index (χ2v) is 13.8. The third kappa shape index (κ3) is 7.55. The molecule has 0 unspecified atom stereocenters. The highest BCUT2D eigenvalue weighted by molar-refractivity contribution is 6.30. The van der Waals surface area contributed by atoms with E-state index in [0.717, 1.165) is 40.7 Å². The Hall–Kier alpha value is -4.54. The molecule has 1 aromatic heterocycles. The van der Waals surface area contributed by atoms with Gasteiger partial charge in [-0.2, -0.15) is 0 Å². The van der Waals surface area contributed by atoms with Crippen molar-refractivity contribution in [2.75, 3.05) is 59.4 Å². The molecular weight excluding hydrogens is 642 g/mol. The van der Waals surface area contributed by atoms with Crippen LogP contribution >= 0.6 is 11.6 Å². The van der Waals surface area contributed by atoms with Crippen LogP contribution in [0, 0.1) is 11.8 Å². The molecule has 0 radical (unpaired) electrons. The zero-order valence-electron chi connectivity index (χ0n) is 28.5. The van der Waals surface area contributed by atoms with Crippen LogP contribution in [0.3, 0.4) is 0 Å². The maximum Gasteiger partial charge on any atom is 0.318 e. The number of carbonyl (C=O) groups is 3. The molecule has 2 N–H and O–H groups in total. The van der Waals surface area contributed by atoms with Crippen molar-refractivity contribution in [2.24, 2.45) is 11.8 Å². The molecule has 10 nitrogen and oxygen atoms in total. The molecule has 2 aliphatic rings. The molecule has 0 aliphatic carbocycles. The van der Waals surface area contributed by atoms with E-state index in [9.17, 15) is 14.4 Å². The summed E-state index contributed by atoms with van der Waals surface area (Å²) >= 11 is 6.40. The highest BCUT2D eigenvalue weighted by Crippen LogP contribution is 2.34. The number of ether oxygens (including phenoxy) is 2. The van der Waals surface area contributed by atoms with Gasteiger partial charge in [0.2, 0.25) is 5.91 Å². The van der Waals surface area contributed by atoms with E-state index >= 15 is 0 Å². The number of urea groups is 1. The lowest BCUT2D eigenvalue weighted by Crippen LogP contribution is -2.56. The number of para-hydroxylation sites is 1.